The summed E-state index contributed by atoms with van der Waals surface area (Å²) < 4.78 is 14.2. The van der Waals surface area contributed by atoms with Gasteiger partial charge < -0.3 is 5.73 Å². The molecule has 1 nitrogen and oxygen atoms in total. The summed E-state index contributed by atoms with van der Waals surface area (Å²) in [7, 11) is 0. The van der Waals surface area contributed by atoms with Crippen LogP contribution in [0, 0.1) is 17.7 Å². The van der Waals surface area contributed by atoms with Gasteiger partial charge in [0.25, 0.3) is 0 Å². The Bertz CT molecular complexity index is 413. The molecule has 0 amide bonds. The van der Waals surface area contributed by atoms with Gasteiger partial charge in [0.15, 0.2) is 0 Å². The first-order valence-corrected chi connectivity index (χ1v) is 8.09. The van der Waals surface area contributed by atoms with Gasteiger partial charge in [-0.25, -0.2) is 4.39 Å². The lowest BCUT2D eigenvalue weighted by Gasteiger charge is -2.32. The summed E-state index contributed by atoms with van der Waals surface area (Å²) in [5.74, 6) is 1.31. The molecule has 1 aromatic rings. The van der Waals surface area contributed by atoms with Crippen molar-refractivity contribution >= 4 is 15.9 Å². The van der Waals surface area contributed by atoms with Crippen LogP contribution in [0.3, 0.4) is 0 Å². The van der Waals surface area contributed by atoms with Crippen LogP contribution in [-0.4, -0.2) is 6.04 Å². The van der Waals surface area contributed by atoms with E-state index in [1.54, 1.807) is 12.1 Å². The molecule has 0 saturated heterocycles. The topological polar surface area (TPSA) is 26.0 Å². The van der Waals surface area contributed by atoms with Gasteiger partial charge in [-0.3, -0.25) is 0 Å². The van der Waals surface area contributed by atoms with Gasteiger partial charge in [-0.1, -0.05) is 42.1 Å². The van der Waals surface area contributed by atoms with Gasteiger partial charge in [0.1, 0.15) is 5.82 Å². The highest BCUT2D eigenvalue weighted by Gasteiger charge is 2.25. The molecule has 1 unspecified atom stereocenters. The van der Waals surface area contributed by atoms with Crippen LogP contribution in [0.2, 0.25) is 0 Å². The minimum absolute atomic E-state index is 0.149. The molecule has 1 atom stereocenters. The van der Waals surface area contributed by atoms with E-state index < -0.39 is 0 Å². The maximum absolute atomic E-state index is 13.3. The van der Waals surface area contributed by atoms with Crippen molar-refractivity contribution in [2.24, 2.45) is 17.6 Å². The van der Waals surface area contributed by atoms with Crippen LogP contribution >= 0.6 is 15.9 Å². The van der Waals surface area contributed by atoms with Gasteiger partial charge in [-0.05, 0) is 54.9 Å². The number of halogens is 2. The van der Waals surface area contributed by atoms with Crippen LogP contribution in [0.1, 0.15) is 44.6 Å². The normalized spacial score (nSPS) is 25.3. The summed E-state index contributed by atoms with van der Waals surface area (Å²) in [6.45, 7) is 2.27. The summed E-state index contributed by atoms with van der Waals surface area (Å²) >= 11 is 3.48. The van der Waals surface area contributed by atoms with E-state index in [4.69, 9.17) is 5.73 Å². The zero-order chi connectivity index (χ0) is 13.8. The first-order chi connectivity index (χ1) is 9.10. The minimum atomic E-state index is -0.180. The van der Waals surface area contributed by atoms with E-state index in [2.05, 4.69) is 22.9 Å². The van der Waals surface area contributed by atoms with E-state index >= 15 is 0 Å². The molecule has 0 radical (unpaired) electrons. The molecule has 1 fully saturated rings. The number of hydrogen-bond acceptors (Lipinski definition) is 1. The molecular weight excluding hydrogens is 305 g/mol. The largest absolute Gasteiger partial charge is 0.327 e. The van der Waals surface area contributed by atoms with Crippen molar-refractivity contribution < 1.29 is 4.39 Å². The van der Waals surface area contributed by atoms with Gasteiger partial charge >= 0.3 is 0 Å². The minimum Gasteiger partial charge on any atom is -0.327 e. The van der Waals surface area contributed by atoms with Gasteiger partial charge in [0.2, 0.25) is 0 Å². The summed E-state index contributed by atoms with van der Waals surface area (Å²) in [4.78, 5) is 0. The first-order valence-electron chi connectivity index (χ1n) is 7.29. The molecule has 1 aliphatic carbocycles. The predicted molar refractivity (Wildman–Crippen MR) is 81.5 cm³/mol. The monoisotopic (exact) mass is 327 g/mol. The highest BCUT2D eigenvalue weighted by molar-refractivity contribution is 9.10. The fourth-order valence-electron chi connectivity index (χ4n) is 3.14. The smallest absolute Gasteiger partial charge is 0.123 e. The van der Waals surface area contributed by atoms with Gasteiger partial charge in [-0.15, -0.1) is 0 Å². The second-order valence-electron chi connectivity index (χ2n) is 5.79. The number of hydrogen-bond donors (Lipinski definition) is 1. The van der Waals surface area contributed by atoms with Gasteiger partial charge in [0, 0.05) is 10.5 Å². The fraction of sp³-hybridized carbons (Fsp3) is 0.625. The standard InChI is InChI=1S/C16H23BrFN/c1-2-11-3-5-12(6-4-11)16(19)10-13-9-14(18)7-8-15(13)17/h7-9,11-12,16H,2-6,10,19H2,1H3. The van der Waals surface area contributed by atoms with Gasteiger partial charge in [0.05, 0.1) is 0 Å². The Kier molecular flexibility index (Phi) is 5.40. The third-order valence-electron chi connectivity index (χ3n) is 4.54. The Morgan fingerprint density at radius 1 is 1.32 bits per heavy atom. The maximum atomic E-state index is 13.3. The van der Waals surface area contributed by atoms with Crippen molar-refractivity contribution in [2.45, 2.75) is 51.5 Å². The fourth-order valence-corrected chi connectivity index (χ4v) is 3.55. The lowest BCUT2D eigenvalue weighted by atomic mass is 9.76. The van der Waals surface area contributed by atoms with E-state index in [1.807, 2.05) is 0 Å². The Hall–Kier alpha value is -0.410. The Balaban J connectivity index is 1.94. The summed E-state index contributed by atoms with van der Waals surface area (Å²) in [6.07, 6.45) is 7.12. The molecule has 0 aromatic heterocycles. The Morgan fingerprint density at radius 2 is 2.00 bits per heavy atom. The molecule has 19 heavy (non-hydrogen) atoms. The van der Waals surface area contributed by atoms with E-state index in [1.165, 1.54) is 38.2 Å². The molecule has 2 N–H and O–H groups in total. The molecule has 3 heteroatoms. The number of rotatable bonds is 4. The number of nitrogens with two attached hydrogens (primary N) is 1. The first kappa shape index (κ1) is 15.0. The molecule has 1 aromatic carbocycles. The van der Waals surface area contributed by atoms with Crippen LogP contribution in [0.4, 0.5) is 4.39 Å². The highest BCUT2D eigenvalue weighted by atomic mass is 79.9. The summed E-state index contributed by atoms with van der Waals surface area (Å²) in [5.41, 5.74) is 7.33. The Morgan fingerprint density at radius 3 is 2.63 bits per heavy atom. The lowest BCUT2D eigenvalue weighted by molar-refractivity contribution is 0.237. The molecule has 1 aliphatic rings. The maximum Gasteiger partial charge on any atom is 0.123 e. The van der Waals surface area contributed by atoms with Crippen molar-refractivity contribution in [3.05, 3.63) is 34.1 Å². The predicted octanol–water partition coefficient (Wildman–Crippen LogP) is 4.67. The van der Waals surface area contributed by atoms with Crippen LogP contribution in [0.15, 0.2) is 22.7 Å². The van der Waals surface area contributed by atoms with Crippen molar-refractivity contribution in [3.8, 4) is 0 Å². The molecule has 0 aliphatic heterocycles. The summed E-state index contributed by atoms with van der Waals surface area (Å²) in [6, 6.07) is 4.99. The second-order valence-corrected chi connectivity index (χ2v) is 6.65. The second kappa shape index (κ2) is 6.85. The van der Waals surface area contributed by atoms with Crippen molar-refractivity contribution in [1.29, 1.82) is 0 Å². The third-order valence-corrected chi connectivity index (χ3v) is 5.31. The van der Waals surface area contributed by atoms with E-state index in [0.29, 0.717) is 5.92 Å². The number of benzene rings is 1. The van der Waals surface area contributed by atoms with Crippen LogP contribution < -0.4 is 5.73 Å². The van der Waals surface area contributed by atoms with Crippen molar-refractivity contribution in [1.82, 2.24) is 0 Å². The van der Waals surface area contributed by atoms with E-state index in [9.17, 15) is 4.39 Å². The van der Waals surface area contributed by atoms with Crippen molar-refractivity contribution in [2.75, 3.05) is 0 Å². The zero-order valence-corrected chi connectivity index (χ0v) is 13.1. The average molecular weight is 328 g/mol. The van der Waals surface area contributed by atoms with E-state index in [-0.39, 0.29) is 11.9 Å². The SMILES string of the molecule is CCC1CCC(C(N)Cc2cc(F)ccc2Br)CC1. The molecule has 0 heterocycles. The molecule has 0 bridgehead atoms. The van der Waals surface area contributed by atoms with Crippen molar-refractivity contribution in [3.63, 3.8) is 0 Å². The molecule has 106 valence electrons. The molecule has 0 spiro atoms. The highest BCUT2D eigenvalue weighted by Crippen LogP contribution is 2.33. The molecule has 2 rings (SSSR count). The van der Waals surface area contributed by atoms with Crippen LogP contribution in [0.5, 0.6) is 0 Å². The van der Waals surface area contributed by atoms with E-state index in [0.717, 1.165) is 22.4 Å². The third kappa shape index (κ3) is 4.03. The summed E-state index contributed by atoms with van der Waals surface area (Å²) in [5, 5.41) is 0. The Labute approximate surface area is 123 Å². The average Bonchev–Trinajstić information content (AvgIpc) is 2.43. The van der Waals surface area contributed by atoms with Crippen LogP contribution in [0.25, 0.3) is 0 Å². The lowest BCUT2D eigenvalue weighted by Crippen LogP contribution is -2.35. The zero-order valence-electron chi connectivity index (χ0n) is 11.5. The quantitative estimate of drug-likeness (QED) is 0.854. The van der Waals surface area contributed by atoms with Gasteiger partial charge in [-0.2, -0.15) is 0 Å². The molecular formula is C16H23BrFN. The molecule has 1 saturated carbocycles. The van der Waals surface area contributed by atoms with Crippen LogP contribution in [-0.2, 0) is 6.42 Å².